The van der Waals surface area contributed by atoms with E-state index < -0.39 is 5.97 Å². The van der Waals surface area contributed by atoms with Crippen LogP contribution in [0.5, 0.6) is 17.2 Å². The van der Waals surface area contributed by atoms with E-state index in [9.17, 15) is 4.79 Å². The molecule has 0 fully saturated rings. The standard InChI is InChI=1S/C18H20N4O5/c1-24-12-6-5-11(13(7-12)25-2)8-20-17-15(18(23)27-4)16-14(26-3)9-19-10-22(16)21-17/h5-7,9-10H,8H2,1-4H3,(H,20,21). The van der Waals surface area contributed by atoms with E-state index in [2.05, 4.69) is 15.4 Å². The third kappa shape index (κ3) is 3.43. The molecule has 0 unspecified atom stereocenters. The summed E-state index contributed by atoms with van der Waals surface area (Å²) in [5, 5.41) is 7.55. The Morgan fingerprint density at radius 3 is 2.56 bits per heavy atom. The summed E-state index contributed by atoms with van der Waals surface area (Å²) >= 11 is 0. The number of esters is 1. The molecule has 9 heteroatoms. The number of ether oxygens (including phenoxy) is 4. The van der Waals surface area contributed by atoms with Crippen molar-refractivity contribution in [3.63, 3.8) is 0 Å². The largest absolute Gasteiger partial charge is 0.497 e. The molecule has 0 aliphatic heterocycles. The highest BCUT2D eigenvalue weighted by molar-refractivity contribution is 6.03. The Hall–Kier alpha value is -3.49. The number of hydrogen-bond acceptors (Lipinski definition) is 8. The van der Waals surface area contributed by atoms with Crippen LogP contribution < -0.4 is 19.5 Å². The Morgan fingerprint density at radius 1 is 1.11 bits per heavy atom. The van der Waals surface area contributed by atoms with Crippen LogP contribution in [0.25, 0.3) is 5.52 Å². The topological polar surface area (TPSA) is 96.2 Å². The molecule has 0 bridgehead atoms. The van der Waals surface area contributed by atoms with Gasteiger partial charge in [0, 0.05) is 18.2 Å². The lowest BCUT2D eigenvalue weighted by Crippen LogP contribution is -2.08. The molecule has 0 saturated carbocycles. The Labute approximate surface area is 155 Å². The fraction of sp³-hybridized carbons (Fsp3) is 0.278. The third-order valence-electron chi connectivity index (χ3n) is 4.06. The van der Waals surface area contributed by atoms with Crippen molar-refractivity contribution in [2.75, 3.05) is 33.8 Å². The Morgan fingerprint density at radius 2 is 1.89 bits per heavy atom. The summed E-state index contributed by atoms with van der Waals surface area (Å²) in [7, 11) is 5.99. The molecule has 3 rings (SSSR count). The molecule has 0 aliphatic carbocycles. The van der Waals surface area contributed by atoms with Crippen molar-refractivity contribution >= 4 is 17.3 Å². The predicted octanol–water partition coefficient (Wildman–Crippen LogP) is 2.15. The van der Waals surface area contributed by atoms with Gasteiger partial charge in [-0.3, -0.25) is 0 Å². The molecule has 0 atom stereocenters. The summed E-state index contributed by atoms with van der Waals surface area (Å²) in [6, 6.07) is 5.49. The molecule has 3 aromatic rings. The van der Waals surface area contributed by atoms with Crippen molar-refractivity contribution in [2.45, 2.75) is 6.54 Å². The molecular formula is C18H20N4O5. The highest BCUT2D eigenvalue weighted by Gasteiger charge is 2.24. The maximum atomic E-state index is 12.4. The molecule has 0 spiro atoms. The quantitative estimate of drug-likeness (QED) is 0.630. The van der Waals surface area contributed by atoms with Crippen molar-refractivity contribution in [3.05, 3.63) is 41.9 Å². The van der Waals surface area contributed by atoms with Gasteiger partial charge in [0.2, 0.25) is 0 Å². The van der Waals surface area contributed by atoms with Crippen LogP contribution in [0.3, 0.4) is 0 Å². The van der Waals surface area contributed by atoms with Gasteiger partial charge in [-0.25, -0.2) is 14.3 Å². The first-order valence-corrected chi connectivity index (χ1v) is 8.06. The van der Waals surface area contributed by atoms with Gasteiger partial charge in [-0.1, -0.05) is 0 Å². The van der Waals surface area contributed by atoms with Crippen LogP contribution in [0.2, 0.25) is 0 Å². The molecular weight excluding hydrogens is 352 g/mol. The number of hydrogen-bond donors (Lipinski definition) is 1. The summed E-state index contributed by atoms with van der Waals surface area (Å²) < 4.78 is 22.3. The molecule has 1 N–H and O–H groups in total. The van der Waals surface area contributed by atoms with Crippen LogP contribution in [-0.2, 0) is 11.3 Å². The van der Waals surface area contributed by atoms with Crippen molar-refractivity contribution in [3.8, 4) is 17.2 Å². The number of nitrogens with zero attached hydrogens (tertiary/aromatic N) is 3. The Kier molecular flexibility index (Phi) is 5.30. The van der Waals surface area contributed by atoms with Crippen molar-refractivity contribution in [1.82, 2.24) is 14.6 Å². The highest BCUT2D eigenvalue weighted by Crippen LogP contribution is 2.30. The SMILES string of the molecule is COC(=O)c1c(NCc2ccc(OC)cc2OC)nn2cncc(OC)c12. The molecule has 1 aromatic carbocycles. The van der Waals surface area contributed by atoms with E-state index in [0.717, 1.165) is 5.56 Å². The number of carbonyl (C=O) groups excluding carboxylic acids is 1. The van der Waals surface area contributed by atoms with Gasteiger partial charge in [0.15, 0.2) is 11.6 Å². The lowest BCUT2D eigenvalue weighted by atomic mass is 10.2. The fourth-order valence-corrected chi connectivity index (χ4v) is 2.72. The van der Waals surface area contributed by atoms with Gasteiger partial charge >= 0.3 is 5.97 Å². The molecule has 2 heterocycles. The monoisotopic (exact) mass is 372 g/mol. The second kappa shape index (κ2) is 7.81. The van der Waals surface area contributed by atoms with Gasteiger partial charge in [0.05, 0.1) is 34.6 Å². The van der Waals surface area contributed by atoms with Crippen molar-refractivity contribution in [2.24, 2.45) is 0 Å². The number of benzene rings is 1. The second-order valence-electron chi connectivity index (χ2n) is 5.50. The molecule has 0 aliphatic rings. The summed E-state index contributed by atoms with van der Waals surface area (Å²) in [5.74, 6) is 1.59. The lowest BCUT2D eigenvalue weighted by Gasteiger charge is -2.11. The minimum Gasteiger partial charge on any atom is -0.497 e. The molecule has 2 aromatic heterocycles. The zero-order valence-electron chi connectivity index (χ0n) is 15.5. The first-order chi connectivity index (χ1) is 13.1. The van der Waals surface area contributed by atoms with Crippen LogP contribution in [0.15, 0.2) is 30.7 Å². The zero-order chi connectivity index (χ0) is 19.4. The zero-order valence-corrected chi connectivity index (χ0v) is 15.5. The lowest BCUT2D eigenvalue weighted by molar-refractivity contribution is 0.0603. The first-order valence-electron chi connectivity index (χ1n) is 8.06. The van der Waals surface area contributed by atoms with Gasteiger partial charge in [0.25, 0.3) is 0 Å². The molecule has 0 saturated heterocycles. The van der Waals surface area contributed by atoms with E-state index in [1.807, 2.05) is 12.1 Å². The number of nitrogens with one attached hydrogen (secondary N) is 1. The summed E-state index contributed by atoms with van der Waals surface area (Å²) in [5.41, 5.74) is 1.61. The molecule has 0 radical (unpaired) electrons. The number of anilines is 1. The van der Waals surface area contributed by atoms with E-state index in [4.69, 9.17) is 18.9 Å². The van der Waals surface area contributed by atoms with Crippen molar-refractivity contribution in [1.29, 1.82) is 0 Å². The van der Waals surface area contributed by atoms with Gasteiger partial charge in [-0.15, -0.1) is 5.10 Å². The van der Waals surface area contributed by atoms with Crippen LogP contribution >= 0.6 is 0 Å². The molecule has 142 valence electrons. The second-order valence-corrected chi connectivity index (χ2v) is 5.50. The van der Waals surface area contributed by atoms with E-state index in [1.54, 1.807) is 20.3 Å². The van der Waals surface area contributed by atoms with Crippen LogP contribution in [0.4, 0.5) is 5.82 Å². The minimum atomic E-state index is -0.529. The van der Waals surface area contributed by atoms with Crippen LogP contribution in [-0.4, -0.2) is 49.0 Å². The minimum absolute atomic E-state index is 0.268. The van der Waals surface area contributed by atoms with Crippen LogP contribution in [0, 0.1) is 0 Å². The fourth-order valence-electron chi connectivity index (χ4n) is 2.72. The number of methoxy groups -OCH3 is 4. The van der Waals surface area contributed by atoms with E-state index in [0.29, 0.717) is 35.1 Å². The predicted molar refractivity (Wildman–Crippen MR) is 97.8 cm³/mol. The van der Waals surface area contributed by atoms with E-state index in [1.165, 1.54) is 31.3 Å². The number of rotatable bonds is 7. The molecule has 9 nitrogen and oxygen atoms in total. The Bertz CT molecular complexity index is 970. The Balaban J connectivity index is 1.99. The van der Waals surface area contributed by atoms with Gasteiger partial charge in [-0.2, -0.15) is 0 Å². The third-order valence-corrected chi connectivity index (χ3v) is 4.06. The smallest absolute Gasteiger partial charge is 0.344 e. The van der Waals surface area contributed by atoms with E-state index >= 15 is 0 Å². The number of carbonyl (C=O) groups is 1. The maximum Gasteiger partial charge on any atom is 0.344 e. The average molecular weight is 372 g/mol. The summed E-state index contributed by atoms with van der Waals surface area (Å²) in [6.45, 7) is 0.372. The highest BCUT2D eigenvalue weighted by atomic mass is 16.5. The normalized spacial score (nSPS) is 10.5. The molecule has 27 heavy (non-hydrogen) atoms. The number of fused-ring (bicyclic) bond motifs is 1. The van der Waals surface area contributed by atoms with Gasteiger partial charge in [0.1, 0.15) is 28.9 Å². The van der Waals surface area contributed by atoms with Crippen molar-refractivity contribution < 1.29 is 23.7 Å². The van der Waals surface area contributed by atoms with Gasteiger partial charge in [-0.05, 0) is 12.1 Å². The summed E-state index contributed by atoms with van der Waals surface area (Å²) in [6.07, 6.45) is 3.00. The van der Waals surface area contributed by atoms with Gasteiger partial charge < -0.3 is 24.3 Å². The summed E-state index contributed by atoms with van der Waals surface area (Å²) in [4.78, 5) is 16.4. The average Bonchev–Trinajstić information content (AvgIpc) is 3.09. The first kappa shape index (κ1) is 18.3. The van der Waals surface area contributed by atoms with Crippen LogP contribution in [0.1, 0.15) is 15.9 Å². The van der Waals surface area contributed by atoms with E-state index in [-0.39, 0.29) is 5.56 Å². The molecule has 0 amide bonds. The number of aromatic nitrogens is 3. The maximum absolute atomic E-state index is 12.4.